The van der Waals surface area contributed by atoms with Crippen molar-refractivity contribution < 1.29 is 5.11 Å². The van der Waals surface area contributed by atoms with Gasteiger partial charge in [0, 0.05) is 0 Å². The maximum absolute atomic E-state index is 9.62. The van der Waals surface area contributed by atoms with Crippen LogP contribution in [-0.2, 0) is 0 Å². The Morgan fingerprint density at radius 1 is 1.50 bits per heavy atom. The molecule has 1 nitrogen and oxygen atoms in total. The van der Waals surface area contributed by atoms with Crippen LogP contribution in [0, 0.1) is 5.92 Å². The largest absolute Gasteiger partial charge is 0.388 e. The molecular formula is C9H14O. The van der Waals surface area contributed by atoms with Crippen LogP contribution in [0.2, 0.25) is 0 Å². The molecule has 56 valence electrons. The summed E-state index contributed by atoms with van der Waals surface area (Å²) in [6, 6.07) is 0. The third-order valence-electron chi connectivity index (χ3n) is 2.52. The lowest BCUT2D eigenvalue weighted by Gasteiger charge is -2.08. The molecule has 2 rings (SSSR count). The van der Waals surface area contributed by atoms with Crippen molar-refractivity contribution in [3.05, 3.63) is 11.6 Å². The molecule has 2 aliphatic carbocycles. The van der Waals surface area contributed by atoms with Crippen molar-refractivity contribution in [1.82, 2.24) is 0 Å². The number of hydrogen-bond donors (Lipinski definition) is 1. The lowest BCUT2D eigenvalue weighted by Crippen LogP contribution is -2.10. The fraction of sp³-hybridized carbons (Fsp3) is 0.778. The van der Waals surface area contributed by atoms with Gasteiger partial charge in [-0.1, -0.05) is 6.08 Å². The van der Waals surface area contributed by atoms with Crippen molar-refractivity contribution >= 4 is 0 Å². The average Bonchev–Trinajstić information content (AvgIpc) is 2.65. The SMILES string of the molecule is OC(C1=CCCC1)C1CC1. The van der Waals surface area contributed by atoms with E-state index in [1.807, 2.05) is 0 Å². The van der Waals surface area contributed by atoms with Crippen LogP contribution in [-0.4, -0.2) is 11.2 Å². The van der Waals surface area contributed by atoms with Crippen molar-refractivity contribution in [2.24, 2.45) is 5.92 Å². The van der Waals surface area contributed by atoms with Gasteiger partial charge < -0.3 is 5.11 Å². The summed E-state index contributed by atoms with van der Waals surface area (Å²) in [6.07, 6.45) is 8.26. The van der Waals surface area contributed by atoms with Gasteiger partial charge in [-0.15, -0.1) is 0 Å². The first-order chi connectivity index (χ1) is 4.88. The predicted molar refractivity (Wildman–Crippen MR) is 40.7 cm³/mol. The van der Waals surface area contributed by atoms with E-state index in [4.69, 9.17) is 0 Å². The molecule has 1 heteroatoms. The first-order valence-electron chi connectivity index (χ1n) is 4.25. The molecule has 10 heavy (non-hydrogen) atoms. The molecule has 0 radical (unpaired) electrons. The van der Waals surface area contributed by atoms with Gasteiger partial charge in [0.25, 0.3) is 0 Å². The van der Waals surface area contributed by atoms with Crippen LogP contribution in [0.25, 0.3) is 0 Å². The van der Waals surface area contributed by atoms with E-state index < -0.39 is 0 Å². The van der Waals surface area contributed by atoms with E-state index in [9.17, 15) is 5.11 Å². The van der Waals surface area contributed by atoms with Gasteiger partial charge in [-0.25, -0.2) is 0 Å². The van der Waals surface area contributed by atoms with Gasteiger partial charge >= 0.3 is 0 Å². The Morgan fingerprint density at radius 2 is 2.30 bits per heavy atom. The second kappa shape index (κ2) is 2.39. The Balaban J connectivity index is 1.95. The number of rotatable bonds is 2. The summed E-state index contributed by atoms with van der Waals surface area (Å²) < 4.78 is 0. The lowest BCUT2D eigenvalue weighted by atomic mass is 10.1. The van der Waals surface area contributed by atoms with Crippen LogP contribution in [0.3, 0.4) is 0 Å². The molecule has 0 amide bonds. The molecule has 1 fully saturated rings. The third-order valence-corrected chi connectivity index (χ3v) is 2.52. The van der Waals surface area contributed by atoms with Gasteiger partial charge in [0.05, 0.1) is 6.10 Å². The Labute approximate surface area is 61.8 Å². The van der Waals surface area contributed by atoms with Gasteiger partial charge in [0.2, 0.25) is 0 Å². The number of hydrogen-bond acceptors (Lipinski definition) is 1. The molecule has 2 aliphatic rings. The molecule has 0 spiro atoms. The number of allylic oxidation sites excluding steroid dienone is 1. The topological polar surface area (TPSA) is 20.2 Å². The fourth-order valence-electron chi connectivity index (χ4n) is 1.68. The summed E-state index contributed by atoms with van der Waals surface area (Å²) in [5.74, 6) is 0.629. The van der Waals surface area contributed by atoms with Crippen LogP contribution < -0.4 is 0 Å². The van der Waals surface area contributed by atoms with Crippen LogP contribution in [0.1, 0.15) is 32.1 Å². The zero-order chi connectivity index (χ0) is 6.97. The highest BCUT2D eigenvalue weighted by molar-refractivity contribution is 5.15. The summed E-state index contributed by atoms with van der Waals surface area (Å²) in [5, 5.41) is 9.62. The number of aliphatic hydroxyl groups excluding tert-OH is 1. The summed E-state index contributed by atoms with van der Waals surface area (Å²) in [4.78, 5) is 0. The highest BCUT2D eigenvalue weighted by Gasteiger charge is 2.32. The second-order valence-electron chi connectivity index (χ2n) is 3.45. The summed E-state index contributed by atoms with van der Waals surface area (Å²) in [7, 11) is 0. The normalized spacial score (nSPS) is 28.3. The standard InChI is InChI=1S/C9H14O/c10-9(8-5-6-8)7-3-1-2-4-7/h3,8-10H,1-2,4-6H2. The average molecular weight is 138 g/mol. The second-order valence-corrected chi connectivity index (χ2v) is 3.45. The van der Waals surface area contributed by atoms with Gasteiger partial charge in [-0.05, 0) is 43.6 Å². The highest BCUT2D eigenvalue weighted by Crippen LogP contribution is 2.38. The number of aliphatic hydroxyl groups is 1. The molecule has 1 saturated carbocycles. The molecule has 1 unspecified atom stereocenters. The molecule has 1 atom stereocenters. The zero-order valence-electron chi connectivity index (χ0n) is 6.21. The Morgan fingerprint density at radius 3 is 2.80 bits per heavy atom. The first-order valence-corrected chi connectivity index (χ1v) is 4.25. The van der Waals surface area contributed by atoms with Crippen molar-refractivity contribution in [3.63, 3.8) is 0 Å². The lowest BCUT2D eigenvalue weighted by molar-refractivity contribution is 0.184. The van der Waals surface area contributed by atoms with Crippen molar-refractivity contribution in [2.75, 3.05) is 0 Å². The van der Waals surface area contributed by atoms with Crippen molar-refractivity contribution in [3.8, 4) is 0 Å². The molecule has 0 heterocycles. The molecule has 0 aromatic carbocycles. The first kappa shape index (κ1) is 6.41. The van der Waals surface area contributed by atoms with Crippen LogP contribution in [0.15, 0.2) is 11.6 Å². The zero-order valence-corrected chi connectivity index (χ0v) is 6.21. The smallest absolute Gasteiger partial charge is 0.0778 e. The van der Waals surface area contributed by atoms with Gasteiger partial charge in [-0.3, -0.25) is 0 Å². The Bertz CT molecular complexity index is 156. The Kier molecular flexibility index (Phi) is 1.53. The maximum Gasteiger partial charge on any atom is 0.0778 e. The minimum absolute atomic E-state index is 0.0671. The Hall–Kier alpha value is -0.300. The molecule has 0 aromatic heterocycles. The van der Waals surface area contributed by atoms with Crippen molar-refractivity contribution in [2.45, 2.75) is 38.2 Å². The summed E-state index contributed by atoms with van der Waals surface area (Å²) in [5.41, 5.74) is 1.32. The van der Waals surface area contributed by atoms with E-state index >= 15 is 0 Å². The van der Waals surface area contributed by atoms with Crippen LogP contribution in [0.4, 0.5) is 0 Å². The van der Waals surface area contributed by atoms with E-state index in [0.29, 0.717) is 5.92 Å². The van der Waals surface area contributed by atoms with Gasteiger partial charge in [-0.2, -0.15) is 0 Å². The third kappa shape index (κ3) is 1.10. The fourth-order valence-corrected chi connectivity index (χ4v) is 1.68. The molecule has 1 N–H and O–H groups in total. The maximum atomic E-state index is 9.62. The summed E-state index contributed by atoms with van der Waals surface area (Å²) in [6.45, 7) is 0. The van der Waals surface area contributed by atoms with E-state index in [-0.39, 0.29) is 6.10 Å². The van der Waals surface area contributed by atoms with E-state index in [2.05, 4.69) is 6.08 Å². The van der Waals surface area contributed by atoms with E-state index in [1.54, 1.807) is 0 Å². The summed E-state index contributed by atoms with van der Waals surface area (Å²) >= 11 is 0. The molecule has 0 saturated heterocycles. The minimum atomic E-state index is -0.0671. The quantitative estimate of drug-likeness (QED) is 0.577. The molecule has 0 bridgehead atoms. The van der Waals surface area contributed by atoms with Gasteiger partial charge in [0.15, 0.2) is 0 Å². The molecule has 0 aliphatic heterocycles. The highest BCUT2D eigenvalue weighted by atomic mass is 16.3. The van der Waals surface area contributed by atoms with E-state index in [1.165, 1.54) is 31.3 Å². The monoisotopic (exact) mass is 138 g/mol. The van der Waals surface area contributed by atoms with Crippen LogP contribution >= 0.6 is 0 Å². The predicted octanol–water partition coefficient (Wildman–Crippen LogP) is 1.87. The van der Waals surface area contributed by atoms with E-state index in [0.717, 1.165) is 6.42 Å². The van der Waals surface area contributed by atoms with Crippen molar-refractivity contribution in [1.29, 1.82) is 0 Å². The molecule has 0 aromatic rings. The molecular weight excluding hydrogens is 124 g/mol. The van der Waals surface area contributed by atoms with Crippen LogP contribution in [0.5, 0.6) is 0 Å². The van der Waals surface area contributed by atoms with Gasteiger partial charge in [0.1, 0.15) is 0 Å². The minimum Gasteiger partial charge on any atom is -0.388 e.